The molecule has 5 rings (SSSR count). The first-order valence-corrected chi connectivity index (χ1v) is 20.4. The van der Waals surface area contributed by atoms with Gasteiger partial charge in [-0.05, 0) is 55.4 Å². The van der Waals surface area contributed by atoms with E-state index in [9.17, 15) is 33.6 Å². The number of amides is 6. The average molecular weight is 803 g/mol. The Morgan fingerprint density at radius 1 is 0.966 bits per heavy atom. The van der Waals surface area contributed by atoms with E-state index in [4.69, 9.17) is 9.47 Å². The van der Waals surface area contributed by atoms with Crippen molar-refractivity contribution in [3.05, 3.63) is 65.7 Å². The van der Waals surface area contributed by atoms with E-state index in [1.54, 1.807) is 51.4 Å². The average Bonchev–Trinajstić information content (AvgIpc) is 3.65. The van der Waals surface area contributed by atoms with Gasteiger partial charge in [0.05, 0.1) is 32.3 Å². The third-order valence-electron chi connectivity index (χ3n) is 11.1. The quantitative estimate of drug-likeness (QED) is 0.234. The first-order valence-electron chi connectivity index (χ1n) is 20.4. The van der Waals surface area contributed by atoms with Gasteiger partial charge in [-0.2, -0.15) is 0 Å². The van der Waals surface area contributed by atoms with Crippen LogP contribution in [0.5, 0.6) is 5.75 Å². The molecule has 1 aliphatic carbocycles. The van der Waals surface area contributed by atoms with Crippen LogP contribution in [0.1, 0.15) is 88.8 Å². The zero-order chi connectivity index (χ0) is 41.8. The van der Waals surface area contributed by atoms with Crippen molar-refractivity contribution in [1.82, 2.24) is 31.1 Å². The number of carbonyl (C=O) groups is 7. The zero-order valence-corrected chi connectivity index (χ0v) is 34.1. The normalized spacial score (nSPS) is 22.0. The lowest BCUT2D eigenvalue weighted by molar-refractivity contribution is -0.146. The number of carbonyl (C=O) groups excluding carboxylic acids is 7. The molecule has 4 N–H and O–H groups in total. The topological polar surface area (TPSA) is 193 Å². The van der Waals surface area contributed by atoms with Crippen molar-refractivity contribution in [2.75, 3.05) is 40.4 Å². The summed E-state index contributed by atoms with van der Waals surface area (Å²) in [4.78, 5) is 98.4. The van der Waals surface area contributed by atoms with Crippen LogP contribution in [-0.4, -0.2) is 115 Å². The number of nitrogens with one attached hydrogen (secondary N) is 4. The van der Waals surface area contributed by atoms with Gasteiger partial charge in [-0.3, -0.25) is 33.6 Å². The van der Waals surface area contributed by atoms with E-state index >= 15 is 0 Å². The molecule has 6 amide bonds. The molecule has 58 heavy (non-hydrogen) atoms. The highest BCUT2D eigenvalue weighted by molar-refractivity contribution is 6.40. The van der Waals surface area contributed by atoms with Crippen LogP contribution in [-0.2, 0) is 44.7 Å². The molecule has 15 heteroatoms. The fraction of sp³-hybridized carbons (Fsp3) is 0.558. The summed E-state index contributed by atoms with van der Waals surface area (Å²) < 4.78 is 12.1. The standard InChI is InChI=1S/C43H58N6O9/c1-5-20-43(2,38(52)40(54)44-26-35(51)46-36(41(55)48(3)4)29-15-8-6-9-16-29)47-39(53)33-25-32-27-49(33)42(56)37(30-17-10-7-11-18-30)45-34(50)24-28-14-12-19-31(23-28)57-21-13-22-58-32/h6,8-9,12,14-16,19,23,30,32-33,36-37H,5,7,10-11,13,17-18,20-22,24-27H2,1-4H3,(H,44,54)(H,45,50)(H,46,51)(H,47,53)/t32-,33+,36+,37+,43-/m1/s1. The SMILES string of the molecule is CCC[C@@](C)(NC(=O)[C@@H]1C[C@@H]2CN1C(=O)[C@H](C1CCCCC1)NC(=O)Cc1cccc(c1)OCCCO2)C(=O)C(=O)NCC(=O)N[C@H](C(=O)N(C)C)c1ccccc1. The fourth-order valence-corrected chi connectivity index (χ4v) is 8.07. The lowest BCUT2D eigenvalue weighted by Crippen LogP contribution is -2.62. The summed E-state index contributed by atoms with van der Waals surface area (Å²) in [6.45, 7) is 3.44. The van der Waals surface area contributed by atoms with Crippen LogP contribution in [0.15, 0.2) is 54.6 Å². The Morgan fingerprint density at radius 3 is 2.41 bits per heavy atom. The van der Waals surface area contributed by atoms with E-state index in [2.05, 4.69) is 21.3 Å². The van der Waals surface area contributed by atoms with Crippen molar-refractivity contribution in [3.8, 4) is 5.75 Å². The maximum atomic E-state index is 14.6. The van der Waals surface area contributed by atoms with Gasteiger partial charge in [0.1, 0.15) is 29.4 Å². The Labute approximate surface area is 340 Å². The van der Waals surface area contributed by atoms with Gasteiger partial charge < -0.3 is 40.5 Å². The summed E-state index contributed by atoms with van der Waals surface area (Å²) >= 11 is 0. The van der Waals surface area contributed by atoms with Crippen molar-refractivity contribution in [1.29, 1.82) is 0 Å². The number of benzene rings is 2. The Balaban J connectivity index is 1.31. The van der Waals surface area contributed by atoms with Gasteiger partial charge >= 0.3 is 0 Å². The van der Waals surface area contributed by atoms with E-state index in [1.165, 1.54) is 16.7 Å². The number of fused-ring (bicyclic) bond motifs is 4. The summed E-state index contributed by atoms with van der Waals surface area (Å²) in [6.07, 6.45) is 5.11. The van der Waals surface area contributed by atoms with Crippen LogP contribution in [0.3, 0.4) is 0 Å². The van der Waals surface area contributed by atoms with Crippen LogP contribution < -0.4 is 26.0 Å². The maximum Gasteiger partial charge on any atom is 0.290 e. The predicted octanol–water partition coefficient (Wildman–Crippen LogP) is 2.37. The molecule has 0 unspecified atom stereocenters. The van der Waals surface area contributed by atoms with Crippen molar-refractivity contribution in [3.63, 3.8) is 0 Å². The highest BCUT2D eigenvalue weighted by Gasteiger charge is 2.47. The van der Waals surface area contributed by atoms with Crippen molar-refractivity contribution in [2.45, 2.75) is 108 Å². The molecular formula is C43H58N6O9. The number of Topliss-reactive ketones (excluding diaryl/α,β-unsaturated/α-hetero) is 1. The third-order valence-corrected chi connectivity index (χ3v) is 11.1. The van der Waals surface area contributed by atoms with E-state index in [-0.39, 0.29) is 49.4 Å². The first kappa shape index (κ1) is 43.8. The molecule has 0 spiro atoms. The van der Waals surface area contributed by atoms with Gasteiger partial charge in [0.25, 0.3) is 5.91 Å². The Bertz CT molecular complexity index is 1800. The second-order valence-electron chi connectivity index (χ2n) is 15.9. The predicted molar refractivity (Wildman–Crippen MR) is 214 cm³/mol. The molecule has 15 nitrogen and oxygen atoms in total. The molecule has 2 aliphatic heterocycles. The number of likely N-dealkylation sites (N-methyl/N-ethyl adjacent to an activating group) is 1. The smallest absolute Gasteiger partial charge is 0.290 e. The number of nitrogens with zero attached hydrogens (tertiary/aromatic N) is 2. The van der Waals surface area contributed by atoms with Gasteiger partial charge in [-0.15, -0.1) is 0 Å². The van der Waals surface area contributed by atoms with E-state index in [0.29, 0.717) is 37.4 Å². The lowest BCUT2D eigenvalue weighted by atomic mass is 9.83. The van der Waals surface area contributed by atoms with Gasteiger partial charge in [0.15, 0.2) is 0 Å². The maximum absolute atomic E-state index is 14.6. The van der Waals surface area contributed by atoms with Crippen molar-refractivity contribution in [2.24, 2.45) is 5.92 Å². The molecule has 314 valence electrons. The van der Waals surface area contributed by atoms with Crippen LogP contribution in [0.2, 0.25) is 0 Å². The molecule has 0 radical (unpaired) electrons. The minimum atomic E-state index is -1.69. The summed E-state index contributed by atoms with van der Waals surface area (Å²) in [5.41, 5.74) is -0.402. The molecule has 1 saturated carbocycles. The van der Waals surface area contributed by atoms with Crippen LogP contribution in [0.25, 0.3) is 0 Å². The first-order chi connectivity index (χ1) is 27.8. The molecule has 2 aromatic carbocycles. The molecule has 4 bridgehead atoms. The highest BCUT2D eigenvalue weighted by Crippen LogP contribution is 2.31. The Kier molecular flexibility index (Phi) is 15.4. The zero-order valence-electron chi connectivity index (χ0n) is 34.1. The second-order valence-corrected chi connectivity index (χ2v) is 15.9. The number of rotatable bonds is 12. The minimum Gasteiger partial charge on any atom is -0.493 e. The van der Waals surface area contributed by atoms with Gasteiger partial charge in [0.2, 0.25) is 35.3 Å². The molecular weight excluding hydrogens is 745 g/mol. The van der Waals surface area contributed by atoms with Crippen molar-refractivity contribution >= 4 is 41.2 Å². The molecule has 1 saturated heterocycles. The van der Waals surface area contributed by atoms with Crippen LogP contribution in [0, 0.1) is 5.92 Å². The fourth-order valence-electron chi connectivity index (χ4n) is 8.07. The van der Waals surface area contributed by atoms with Gasteiger partial charge in [-0.1, -0.05) is 75.1 Å². The highest BCUT2D eigenvalue weighted by atomic mass is 16.5. The number of hydrogen-bond donors (Lipinski definition) is 4. The molecule has 2 heterocycles. The van der Waals surface area contributed by atoms with Gasteiger partial charge in [0, 0.05) is 33.5 Å². The summed E-state index contributed by atoms with van der Waals surface area (Å²) in [6, 6.07) is 13.0. The van der Waals surface area contributed by atoms with Crippen LogP contribution in [0.4, 0.5) is 0 Å². The molecule has 0 aromatic heterocycles. The third kappa shape index (κ3) is 11.4. The number of hydrogen-bond acceptors (Lipinski definition) is 9. The summed E-state index contributed by atoms with van der Waals surface area (Å²) in [5.74, 6) is -3.96. The summed E-state index contributed by atoms with van der Waals surface area (Å²) in [7, 11) is 3.12. The van der Waals surface area contributed by atoms with E-state index in [1.807, 2.05) is 24.3 Å². The monoisotopic (exact) mass is 802 g/mol. The molecule has 2 aromatic rings. The molecule has 3 aliphatic rings. The summed E-state index contributed by atoms with van der Waals surface area (Å²) in [5, 5.41) is 10.8. The minimum absolute atomic E-state index is 0.0480. The molecule has 5 atom stereocenters. The van der Waals surface area contributed by atoms with E-state index < -0.39 is 59.8 Å². The van der Waals surface area contributed by atoms with E-state index in [0.717, 1.165) is 37.7 Å². The molecule has 2 fully saturated rings. The second kappa shape index (κ2) is 20.4. The van der Waals surface area contributed by atoms with Crippen molar-refractivity contribution < 1.29 is 43.0 Å². The lowest BCUT2D eigenvalue weighted by Gasteiger charge is -2.36. The Hall–Kier alpha value is -5.31. The number of ketones is 1. The van der Waals surface area contributed by atoms with Gasteiger partial charge in [-0.25, -0.2) is 0 Å². The Morgan fingerprint density at radius 2 is 1.71 bits per heavy atom. The largest absolute Gasteiger partial charge is 0.493 e. The van der Waals surface area contributed by atoms with Crippen LogP contribution >= 0.6 is 0 Å². The number of ether oxygens (including phenoxy) is 2.